The average Bonchev–Trinajstić information content (AvgIpc) is 2.61. The maximum Gasteiger partial charge on any atom is 0.323 e. The molecule has 0 aliphatic rings. The van der Waals surface area contributed by atoms with Crippen LogP contribution in [0.5, 0.6) is 11.8 Å². The van der Waals surface area contributed by atoms with Crippen molar-refractivity contribution in [1.29, 1.82) is 0 Å². The molecule has 0 fully saturated rings. The van der Waals surface area contributed by atoms with Crippen molar-refractivity contribution < 1.29 is 23.0 Å². The van der Waals surface area contributed by atoms with E-state index >= 15 is 0 Å². The summed E-state index contributed by atoms with van der Waals surface area (Å²) < 4.78 is 35.6. The van der Waals surface area contributed by atoms with Crippen LogP contribution in [0, 0.1) is 0 Å². The summed E-state index contributed by atoms with van der Waals surface area (Å²) in [5.74, 6) is 0.302. The van der Waals surface area contributed by atoms with Crippen molar-refractivity contribution in [2.24, 2.45) is 0 Å². The van der Waals surface area contributed by atoms with E-state index in [9.17, 15) is 13.6 Å². The van der Waals surface area contributed by atoms with Crippen LogP contribution < -0.4 is 20.1 Å². The molecule has 0 bridgehead atoms. The summed E-state index contributed by atoms with van der Waals surface area (Å²) in [5.41, 5.74) is 1.81. The normalized spacial score (nSPS) is 11.0. The number of para-hydroxylation sites is 1. The fourth-order valence-corrected chi connectivity index (χ4v) is 2.47. The van der Waals surface area contributed by atoms with Gasteiger partial charge >= 0.3 is 6.03 Å². The first-order chi connectivity index (χ1) is 13.3. The van der Waals surface area contributed by atoms with Crippen LogP contribution in [-0.2, 0) is 0 Å². The summed E-state index contributed by atoms with van der Waals surface area (Å²) in [6.45, 7) is 6.82. The number of hydrogen-bond acceptors (Lipinski definition) is 4. The number of halogens is 2. The average molecular weight is 393 g/mol. The van der Waals surface area contributed by atoms with Gasteiger partial charge in [0.25, 0.3) is 6.43 Å². The van der Waals surface area contributed by atoms with Crippen LogP contribution in [0.25, 0.3) is 0 Å². The lowest BCUT2D eigenvalue weighted by Crippen LogP contribution is -2.21. The highest BCUT2D eigenvalue weighted by Gasteiger charge is 2.15. The molecule has 2 amide bonds. The first kappa shape index (κ1) is 21.4. The summed E-state index contributed by atoms with van der Waals surface area (Å²) in [6, 6.07) is 9.93. The number of nitrogens with one attached hydrogen (secondary N) is 2. The number of urea groups is 1. The highest BCUT2D eigenvalue weighted by Crippen LogP contribution is 2.27. The Kier molecular flexibility index (Phi) is 7.54. The fourth-order valence-electron chi connectivity index (χ4n) is 2.47. The van der Waals surface area contributed by atoms with E-state index < -0.39 is 19.1 Å². The predicted molar refractivity (Wildman–Crippen MR) is 105 cm³/mol. The van der Waals surface area contributed by atoms with Crippen LogP contribution in [0.1, 0.15) is 39.2 Å². The molecular weight excluding hydrogens is 368 g/mol. The van der Waals surface area contributed by atoms with Gasteiger partial charge in [0, 0.05) is 11.8 Å². The monoisotopic (exact) mass is 393 g/mol. The molecule has 2 N–H and O–H groups in total. The maximum absolute atomic E-state index is 12.5. The van der Waals surface area contributed by atoms with Crippen molar-refractivity contribution in [2.75, 3.05) is 17.2 Å². The van der Waals surface area contributed by atoms with Crippen molar-refractivity contribution in [3.05, 3.63) is 42.0 Å². The Morgan fingerprint density at radius 3 is 2.36 bits per heavy atom. The molecule has 1 aromatic carbocycles. The van der Waals surface area contributed by atoms with E-state index in [2.05, 4.69) is 15.6 Å². The molecule has 28 heavy (non-hydrogen) atoms. The van der Waals surface area contributed by atoms with E-state index in [-0.39, 0.29) is 29.5 Å². The van der Waals surface area contributed by atoms with E-state index in [1.54, 1.807) is 6.07 Å². The molecule has 152 valence electrons. The summed E-state index contributed by atoms with van der Waals surface area (Å²) in [7, 11) is 0. The number of amides is 2. The molecule has 0 spiro atoms. The van der Waals surface area contributed by atoms with E-state index in [4.69, 9.17) is 9.47 Å². The molecular formula is C20H25F2N3O3. The Bertz CT molecular complexity index is 798. The van der Waals surface area contributed by atoms with Crippen LogP contribution in [-0.4, -0.2) is 30.2 Å². The third kappa shape index (κ3) is 6.37. The first-order valence-corrected chi connectivity index (χ1v) is 9.01. The number of carbonyl (C=O) groups excluding carboxylic acids is 1. The van der Waals surface area contributed by atoms with Crippen LogP contribution in [0.2, 0.25) is 0 Å². The van der Waals surface area contributed by atoms with Gasteiger partial charge in [-0.25, -0.2) is 13.6 Å². The highest BCUT2D eigenvalue weighted by atomic mass is 19.3. The van der Waals surface area contributed by atoms with E-state index in [0.29, 0.717) is 5.69 Å². The van der Waals surface area contributed by atoms with E-state index in [0.717, 1.165) is 5.56 Å². The van der Waals surface area contributed by atoms with Crippen LogP contribution in [0.4, 0.5) is 25.0 Å². The van der Waals surface area contributed by atoms with Gasteiger partial charge in [-0.2, -0.15) is 4.98 Å². The topological polar surface area (TPSA) is 72.5 Å². The molecule has 0 unspecified atom stereocenters. The van der Waals surface area contributed by atoms with Gasteiger partial charge in [0.15, 0.2) is 6.61 Å². The molecule has 0 saturated carbocycles. The van der Waals surface area contributed by atoms with Gasteiger partial charge < -0.3 is 20.1 Å². The highest BCUT2D eigenvalue weighted by molar-refractivity contribution is 6.01. The Labute approximate surface area is 163 Å². The number of hydrogen-bond donors (Lipinski definition) is 2. The van der Waals surface area contributed by atoms with Gasteiger partial charge in [-0.1, -0.05) is 32.0 Å². The van der Waals surface area contributed by atoms with Gasteiger partial charge in [-0.3, -0.25) is 0 Å². The van der Waals surface area contributed by atoms with E-state index in [1.165, 1.54) is 12.1 Å². The lowest BCUT2D eigenvalue weighted by atomic mass is 10.0. The number of anilines is 2. The summed E-state index contributed by atoms with van der Waals surface area (Å²) in [5, 5.41) is 5.36. The van der Waals surface area contributed by atoms with Crippen molar-refractivity contribution in [3.63, 3.8) is 0 Å². The number of pyridine rings is 1. The zero-order valence-electron chi connectivity index (χ0n) is 16.3. The second kappa shape index (κ2) is 9.87. The third-order valence-corrected chi connectivity index (χ3v) is 3.62. The zero-order chi connectivity index (χ0) is 20.7. The third-order valence-electron chi connectivity index (χ3n) is 3.62. The molecule has 8 heteroatoms. The molecule has 0 saturated heterocycles. The quantitative estimate of drug-likeness (QED) is 0.640. The summed E-state index contributed by atoms with van der Waals surface area (Å²) in [6.07, 6.45) is -2.82. The van der Waals surface area contributed by atoms with Gasteiger partial charge in [0.05, 0.1) is 6.10 Å². The lowest BCUT2D eigenvalue weighted by molar-refractivity contribution is 0.0793. The minimum absolute atomic E-state index is 0.134. The number of carbonyl (C=O) groups is 1. The Morgan fingerprint density at radius 2 is 1.71 bits per heavy atom. The number of rotatable bonds is 8. The predicted octanol–water partition coefficient (Wildman–Crippen LogP) is 5.28. The lowest BCUT2D eigenvalue weighted by Gasteiger charge is -2.16. The van der Waals surface area contributed by atoms with Gasteiger partial charge in [-0.15, -0.1) is 0 Å². The molecule has 1 heterocycles. The van der Waals surface area contributed by atoms with Gasteiger partial charge in [0.2, 0.25) is 11.8 Å². The summed E-state index contributed by atoms with van der Waals surface area (Å²) >= 11 is 0. The molecule has 6 nitrogen and oxygen atoms in total. The number of alkyl halides is 2. The molecule has 0 aliphatic carbocycles. The zero-order valence-corrected chi connectivity index (χ0v) is 16.3. The largest absolute Gasteiger partial charge is 0.475 e. The molecule has 0 aliphatic heterocycles. The van der Waals surface area contributed by atoms with Gasteiger partial charge in [-0.05, 0) is 37.5 Å². The van der Waals surface area contributed by atoms with Crippen molar-refractivity contribution in [3.8, 4) is 11.8 Å². The Morgan fingerprint density at radius 1 is 1.04 bits per heavy atom. The molecule has 2 rings (SSSR count). The Balaban J connectivity index is 2.18. The minimum atomic E-state index is -2.67. The Hall–Kier alpha value is -2.90. The fraction of sp³-hybridized carbons (Fsp3) is 0.400. The second-order valence-electron chi connectivity index (χ2n) is 6.69. The molecule has 0 atom stereocenters. The van der Waals surface area contributed by atoms with Crippen LogP contribution >= 0.6 is 0 Å². The number of aromatic nitrogens is 1. The maximum atomic E-state index is 12.5. The second-order valence-corrected chi connectivity index (χ2v) is 6.69. The molecule has 1 aromatic heterocycles. The standard InChI is InChI=1S/C20H25F2N3O3/c1-12(2)14-7-5-6-8-15(14)23-20(26)24-16-9-10-18(28-13(3)4)25-19(16)27-11-17(21)22/h5-10,12-13,17H,11H2,1-4H3,(H2,23,24,26). The minimum Gasteiger partial charge on any atom is -0.475 e. The molecule has 0 radical (unpaired) electrons. The van der Waals surface area contributed by atoms with E-state index in [1.807, 2.05) is 45.9 Å². The summed E-state index contributed by atoms with van der Waals surface area (Å²) in [4.78, 5) is 16.5. The number of nitrogens with zero attached hydrogens (tertiary/aromatic N) is 1. The van der Waals surface area contributed by atoms with Crippen LogP contribution in [0.15, 0.2) is 36.4 Å². The van der Waals surface area contributed by atoms with Crippen molar-refractivity contribution >= 4 is 17.4 Å². The first-order valence-electron chi connectivity index (χ1n) is 9.01. The molecule has 2 aromatic rings. The number of benzene rings is 1. The number of ether oxygens (including phenoxy) is 2. The van der Waals surface area contributed by atoms with Crippen LogP contribution in [0.3, 0.4) is 0 Å². The SMILES string of the molecule is CC(C)Oc1ccc(NC(=O)Nc2ccccc2C(C)C)c(OCC(F)F)n1. The van der Waals surface area contributed by atoms with Crippen molar-refractivity contribution in [1.82, 2.24) is 4.98 Å². The van der Waals surface area contributed by atoms with Gasteiger partial charge in [0.1, 0.15) is 5.69 Å². The van der Waals surface area contributed by atoms with Crippen molar-refractivity contribution in [2.45, 2.75) is 46.1 Å². The smallest absolute Gasteiger partial charge is 0.323 e.